The fourth-order valence-electron chi connectivity index (χ4n) is 2.49. The molecule has 114 valence electrons. The lowest BCUT2D eigenvalue weighted by atomic mass is 9.93. The van der Waals surface area contributed by atoms with Gasteiger partial charge in [-0.2, -0.15) is 0 Å². The Hall–Kier alpha value is -1.91. The first-order valence-electron chi connectivity index (χ1n) is 7.10. The maximum Gasteiger partial charge on any atom is 0.249 e. The topological polar surface area (TPSA) is 40.6 Å². The molecule has 1 aliphatic rings. The molecule has 0 saturated carbocycles. The minimum absolute atomic E-state index is 0.0588. The molecule has 1 aromatic rings. The van der Waals surface area contributed by atoms with Crippen LogP contribution in [0.25, 0.3) is 0 Å². The predicted octanol–water partition coefficient (Wildman–Crippen LogP) is 2.44. The molecule has 1 aromatic carbocycles. The Balaban J connectivity index is 2.23. The summed E-state index contributed by atoms with van der Waals surface area (Å²) < 4.78 is 13.8. The number of rotatable bonds is 1. The van der Waals surface area contributed by atoms with Crippen LogP contribution < -0.4 is 4.90 Å². The number of benzene rings is 1. The molecular weight excluding hydrogens is 271 g/mol. The first-order valence-corrected chi connectivity index (χ1v) is 7.10. The van der Waals surface area contributed by atoms with Crippen molar-refractivity contribution in [2.75, 3.05) is 18.0 Å². The maximum absolute atomic E-state index is 13.8. The van der Waals surface area contributed by atoms with Crippen molar-refractivity contribution in [1.29, 1.82) is 0 Å². The number of piperazine rings is 1. The molecule has 1 fully saturated rings. The quantitative estimate of drug-likeness (QED) is 0.797. The summed E-state index contributed by atoms with van der Waals surface area (Å²) in [5.41, 5.74) is -0.258. The van der Waals surface area contributed by atoms with E-state index in [-0.39, 0.29) is 17.5 Å². The van der Waals surface area contributed by atoms with Gasteiger partial charge in [-0.05, 0) is 19.1 Å². The second-order valence-corrected chi connectivity index (χ2v) is 6.37. The van der Waals surface area contributed by atoms with Crippen LogP contribution >= 0.6 is 0 Å². The van der Waals surface area contributed by atoms with E-state index in [1.54, 1.807) is 30.0 Å². The van der Waals surface area contributed by atoms with E-state index >= 15 is 0 Å². The SMILES string of the molecule is CC1C(=O)N(c2ccccc2F)CCN1C(=O)C(C)(C)C. The van der Waals surface area contributed by atoms with Crippen LogP contribution in [0.15, 0.2) is 24.3 Å². The van der Waals surface area contributed by atoms with E-state index in [2.05, 4.69) is 0 Å². The third-order valence-corrected chi connectivity index (χ3v) is 3.70. The zero-order valence-corrected chi connectivity index (χ0v) is 12.9. The lowest BCUT2D eigenvalue weighted by molar-refractivity contribution is -0.147. The molecule has 21 heavy (non-hydrogen) atoms. The molecule has 1 aliphatic heterocycles. The van der Waals surface area contributed by atoms with E-state index in [9.17, 15) is 14.0 Å². The van der Waals surface area contributed by atoms with Crippen LogP contribution in [0.5, 0.6) is 0 Å². The van der Waals surface area contributed by atoms with Crippen LogP contribution in [0.2, 0.25) is 0 Å². The van der Waals surface area contributed by atoms with Gasteiger partial charge in [-0.3, -0.25) is 9.59 Å². The highest BCUT2D eigenvalue weighted by Gasteiger charge is 2.39. The van der Waals surface area contributed by atoms with Gasteiger partial charge in [-0.15, -0.1) is 0 Å². The van der Waals surface area contributed by atoms with Crippen molar-refractivity contribution in [2.45, 2.75) is 33.7 Å². The zero-order chi connectivity index (χ0) is 15.8. The van der Waals surface area contributed by atoms with Crippen molar-refractivity contribution >= 4 is 17.5 Å². The Bertz CT molecular complexity index is 566. The summed E-state index contributed by atoms with van der Waals surface area (Å²) in [6.45, 7) is 7.91. The van der Waals surface area contributed by atoms with Crippen molar-refractivity contribution in [3.05, 3.63) is 30.1 Å². The van der Waals surface area contributed by atoms with E-state index in [1.807, 2.05) is 20.8 Å². The number of hydrogen-bond acceptors (Lipinski definition) is 2. The summed E-state index contributed by atoms with van der Waals surface area (Å²) in [5, 5.41) is 0. The van der Waals surface area contributed by atoms with E-state index in [0.29, 0.717) is 13.1 Å². The third kappa shape index (κ3) is 2.91. The molecule has 2 amide bonds. The van der Waals surface area contributed by atoms with Crippen LogP contribution in [-0.4, -0.2) is 35.8 Å². The van der Waals surface area contributed by atoms with Crippen molar-refractivity contribution in [1.82, 2.24) is 4.90 Å². The highest BCUT2D eigenvalue weighted by atomic mass is 19.1. The highest BCUT2D eigenvalue weighted by molar-refractivity contribution is 6.00. The van der Waals surface area contributed by atoms with Crippen molar-refractivity contribution < 1.29 is 14.0 Å². The van der Waals surface area contributed by atoms with E-state index in [0.717, 1.165) is 0 Å². The molecule has 0 aliphatic carbocycles. The van der Waals surface area contributed by atoms with Gasteiger partial charge in [0.2, 0.25) is 11.8 Å². The number of anilines is 1. The summed E-state index contributed by atoms with van der Waals surface area (Å²) in [4.78, 5) is 27.9. The van der Waals surface area contributed by atoms with E-state index < -0.39 is 17.3 Å². The summed E-state index contributed by atoms with van der Waals surface area (Å²) in [7, 11) is 0. The van der Waals surface area contributed by atoms with Crippen LogP contribution in [0.3, 0.4) is 0 Å². The van der Waals surface area contributed by atoms with Crippen LogP contribution in [0.4, 0.5) is 10.1 Å². The number of carbonyl (C=O) groups is 2. The lowest BCUT2D eigenvalue weighted by Gasteiger charge is -2.41. The normalized spacial score (nSPS) is 19.9. The van der Waals surface area contributed by atoms with Crippen molar-refractivity contribution in [2.24, 2.45) is 5.41 Å². The second-order valence-electron chi connectivity index (χ2n) is 6.37. The molecule has 1 heterocycles. The summed E-state index contributed by atoms with van der Waals surface area (Å²) in [6, 6.07) is 5.63. The van der Waals surface area contributed by atoms with E-state index in [4.69, 9.17) is 0 Å². The first kappa shape index (κ1) is 15.5. The molecule has 2 rings (SSSR count). The van der Waals surface area contributed by atoms with Gasteiger partial charge >= 0.3 is 0 Å². The lowest BCUT2D eigenvalue weighted by Crippen LogP contribution is -2.59. The van der Waals surface area contributed by atoms with Gasteiger partial charge in [0.1, 0.15) is 11.9 Å². The fourth-order valence-corrected chi connectivity index (χ4v) is 2.49. The van der Waals surface area contributed by atoms with Crippen molar-refractivity contribution in [3.8, 4) is 0 Å². The Morgan fingerprint density at radius 3 is 2.43 bits per heavy atom. The van der Waals surface area contributed by atoms with Gasteiger partial charge in [0.05, 0.1) is 5.69 Å². The standard InChI is InChI=1S/C16H21FN2O2/c1-11-14(20)19(13-8-6-5-7-12(13)17)10-9-18(11)15(21)16(2,3)4/h5-8,11H,9-10H2,1-4H3. The zero-order valence-electron chi connectivity index (χ0n) is 12.9. The van der Waals surface area contributed by atoms with Crippen LogP contribution in [-0.2, 0) is 9.59 Å². The Labute approximate surface area is 124 Å². The van der Waals surface area contributed by atoms with Gasteiger partial charge in [-0.25, -0.2) is 4.39 Å². The van der Waals surface area contributed by atoms with Gasteiger partial charge in [0.25, 0.3) is 0 Å². The Morgan fingerprint density at radius 2 is 1.86 bits per heavy atom. The number of amides is 2. The molecule has 0 aromatic heterocycles. The number of nitrogens with zero attached hydrogens (tertiary/aromatic N) is 2. The Morgan fingerprint density at radius 1 is 1.24 bits per heavy atom. The number of hydrogen-bond donors (Lipinski definition) is 0. The van der Waals surface area contributed by atoms with Gasteiger partial charge in [0.15, 0.2) is 0 Å². The van der Waals surface area contributed by atoms with Crippen molar-refractivity contribution in [3.63, 3.8) is 0 Å². The third-order valence-electron chi connectivity index (χ3n) is 3.70. The predicted molar refractivity (Wildman–Crippen MR) is 79.4 cm³/mol. The Kier molecular flexibility index (Phi) is 4.03. The number of halogens is 1. The molecule has 0 spiro atoms. The maximum atomic E-state index is 13.8. The number of para-hydroxylation sites is 1. The molecular formula is C16H21FN2O2. The first-order chi connectivity index (χ1) is 9.73. The average Bonchev–Trinajstić information content (AvgIpc) is 2.41. The monoisotopic (exact) mass is 292 g/mol. The molecule has 0 N–H and O–H groups in total. The van der Waals surface area contributed by atoms with Gasteiger partial charge in [0, 0.05) is 18.5 Å². The highest BCUT2D eigenvalue weighted by Crippen LogP contribution is 2.26. The minimum Gasteiger partial charge on any atom is -0.329 e. The minimum atomic E-state index is -0.579. The molecule has 0 bridgehead atoms. The molecule has 0 radical (unpaired) electrons. The number of carbonyl (C=O) groups excluding carboxylic acids is 2. The molecule has 5 heteroatoms. The molecule has 4 nitrogen and oxygen atoms in total. The van der Waals surface area contributed by atoms with Gasteiger partial charge in [-0.1, -0.05) is 32.9 Å². The fraction of sp³-hybridized carbons (Fsp3) is 0.500. The van der Waals surface area contributed by atoms with Crippen LogP contribution in [0.1, 0.15) is 27.7 Å². The van der Waals surface area contributed by atoms with Crippen LogP contribution in [0, 0.1) is 11.2 Å². The summed E-state index contributed by atoms with van der Waals surface area (Å²) >= 11 is 0. The largest absolute Gasteiger partial charge is 0.329 e. The molecule has 1 unspecified atom stereocenters. The summed E-state index contributed by atoms with van der Waals surface area (Å²) in [5.74, 6) is -0.728. The molecule has 1 saturated heterocycles. The van der Waals surface area contributed by atoms with E-state index in [1.165, 1.54) is 11.0 Å². The average molecular weight is 292 g/mol. The van der Waals surface area contributed by atoms with Gasteiger partial charge < -0.3 is 9.80 Å². The second kappa shape index (κ2) is 5.47. The summed E-state index contributed by atoms with van der Waals surface area (Å²) in [6.07, 6.45) is 0. The molecule has 1 atom stereocenters. The smallest absolute Gasteiger partial charge is 0.249 e.